The average molecular weight is 217 g/mol. The first-order valence-electron chi connectivity index (χ1n) is 5.95. The SMILES string of the molecule is CN1CC2(COCC2(C)C)c2ccccc21. The average Bonchev–Trinajstić information content (AvgIpc) is 2.70. The standard InChI is InChI=1S/C14H19NO/c1-13(2)9-16-10-14(13)8-15(3)12-7-5-4-6-11(12)14/h4-7H,8-10H2,1-3H3. The zero-order valence-electron chi connectivity index (χ0n) is 10.3. The molecule has 0 aliphatic carbocycles. The molecule has 2 heteroatoms. The molecule has 0 radical (unpaired) electrons. The Kier molecular flexibility index (Phi) is 1.91. The predicted molar refractivity (Wildman–Crippen MR) is 66.0 cm³/mol. The summed E-state index contributed by atoms with van der Waals surface area (Å²) in [4.78, 5) is 2.37. The Bertz CT molecular complexity index is 426. The fourth-order valence-electron chi connectivity index (χ4n) is 3.30. The van der Waals surface area contributed by atoms with Gasteiger partial charge >= 0.3 is 0 Å². The van der Waals surface area contributed by atoms with Crippen molar-refractivity contribution in [3.63, 3.8) is 0 Å². The van der Waals surface area contributed by atoms with Crippen molar-refractivity contribution in [2.75, 3.05) is 31.7 Å². The molecule has 86 valence electrons. The van der Waals surface area contributed by atoms with Crippen LogP contribution >= 0.6 is 0 Å². The number of hydrogen-bond donors (Lipinski definition) is 0. The first kappa shape index (κ1) is 10.2. The highest BCUT2D eigenvalue weighted by molar-refractivity contribution is 5.63. The van der Waals surface area contributed by atoms with Gasteiger partial charge in [-0.2, -0.15) is 0 Å². The van der Waals surface area contributed by atoms with Crippen LogP contribution in [0.25, 0.3) is 0 Å². The summed E-state index contributed by atoms with van der Waals surface area (Å²) in [6.45, 7) is 7.47. The summed E-state index contributed by atoms with van der Waals surface area (Å²) in [5.74, 6) is 0. The van der Waals surface area contributed by atoms with E-state index in [-0.39, 0.29) is 10.8 Å². The third-order valence-corrected chi connectivity index (χ3v) is 4.44. The monoisotopic (exact) mass is 217 g/mol. The Balaban J connectivity index is 2.19. The van der Waals surface area contributed by atoms with Gasteiger partial charge < -0.3 is 9.64 Å². The first-order chi connectivity index (χ1) is 7.57. The molecule has 2 aliphatic heterocycles. The molecule has 2 aliphatic rings. The van der Waals surface area contributed by atoms with Crippen LogP contribution in [0, 0.1) is 5.41 Å². The Labute approximate surface area is 97.2 Å². The molecule has 1 aromatic rings. The number of rotatable bonds is 0. The molecule has 2 heterocycles. The fourth-order valence-corrected chi connectivity index (χ4v) is 3.30. The third-order valence-electron chi connectivity index (χ3n) is 4.44. The molecule has 0 aromatic heterocycles. The lowest BCUT2D eigenvalue weighted by atomic mass is 9.65. The summed E-state index contributed by atoms with van der Waals surface area (Å²) in [6, 6.07) is 8.76. The van der Waals surface area contributed by atoms with Crippen LogP contribution in [0.2, 0.25) is 0 Å². The van der Waals surface area contributed by atoms with Gasteiger partial charge in [-0.05, 0) is 11.6 Å². The van der Waals surface area contributed by atoms with Crippen LogP contribution in [0.15, 0.2) is 24.3 Å². The molecule has 16 heavy (non-hydrogen) atoms. The Morgan fingerprint density at radius 3 is 2.62 bits per heavy atom. The number of benzene rings is 1. The molecule has 1 saturated heterocycles. The van der Waals surface area contributed by atoms with Crippen LogP contribution in [-0.4, -0.2) is 26.8 Å². The van der Waals surface area contributed by atoms with Crippen molar-refractivity contribution < 1.29 is 4.74 Å². The van der Waals surface area contributed by atoms with Gasteiger partial charge in [0.05, 0.1) is 13.2 Å². The summed E-state index contributed by atoms with van der Waals surface area (Å²) < 4.78 is 5.78. The zero-order chi connectivity index (χ0) is 11.4. The molecule has 1 fully saturated rings. The van der Waals surface area contributed by atoms with Crippen molar-refractivity contribution in [3.05, 3.63) is 29.8 Å². The van der Waals surface area contributed by atoms with Gasteiger partial charge in [-0.15, -0.1) is 0 Å². The normalized spacial score (nSPS) is 31.1. The van der Waals surface area contributed by atoms with Crippen LogP contribution in [-0.2, 0) is 10.2 Å². The number of hydrogen-bond acceptors (Lipinski definition) is 2. The number of ether oxygens (including phenoxy) is 1. The lowest BCUT2D eigenvalue weighted by Crippen LogP contribution is -2.44. The lowest BCUT2D eigenvalue weighted by molar-refractivity contribution is 0.166. The van der Waals surface area contributed by atoms with Crippen molar-refractivity contribution >= 4 is 5.69 Å². The maximum Gasteiger partial charge on any atom is 0.0587 e. The number of fused-ring (bicyclic) bond motifs is 2. The number of likely N-dealkylation sites (N-methyl/N-ethyl adjacent to an activating group) is 1. The quantitative estimate of drug-likeness (QED) is 0.662. The Hall–Kier alpha value is -1.02. The van der Waals surface area contributed by atoms with Gasteiger partial charge in [0.15, 0.2) is 0 Å². The van der Waals surface area contributed by atoms with Gasteiger partial charge in [0.25, 0.3) is 0 Å². The van der Waals surface area contributed by atoms with E-state index in [0.717, 1.165) is 19.8 Å². The largest absolute Gasteiger partial charge is 0.380 e. The topological polar surface area (TPSA) is 12.5 Å². The summed E-state index contributed by atoms with van der Waals surface area (Å²) >= 11 is 0. The number of nitrogens with zero attached hydrogens (tertiary/aromatic N) is 1. The maximum atomic E-state index is 5.78. The highest BCUT2D eigenvalue weighted by Crippen LogP contribution is 2.53. The van der Waals surface area contributed by atoms with E-state index in [9.17, 15) is 0 Å². The third kappa shape index (κ3) is 1.06. The van der Waals surface area contributed by atoms with Crippen molar-refractivity contribution in [1.82, 2.24) is 0 Å². The van der Waals surface area contributed by atoms with Crippen LogP contribution < -0.4 is 4.90 Å². The van der Waals surface area contributed by atoms with Crippen molar-refractivity contribution in [1.29, 1.82) is 0 Å². The van der Waals surface area contributed by atoms with Crippen LogP contribution in [0.3, 0.4) is 0 Å². The molecule has 1 atom stereocenters. The second kappa shape index (κ2) is 3.01. The van der Waals surface area contributed by atoms with Crippen molar-refractivity contribution in [2.24, 2.45) is 5.41 Å². The van der Waals surface area contributed by atoms with Crippen LogP contribution in [0.5, 0.6) is 0 Å². The summed E-state index contributed by atoms with van der Waals surface area (Å²) in [6.07, 6.45) is 0. The minimum absolute atomic E-state index is 0.193. The van der Waals surface area contributed by atoms with Gasteiger partial charge in [0.2, 0.25) is 0 Å². The highest BCUT2D eigenvalue weighted by Gasteiger charge is 2.55. The van der Waals surface area contributed by atoms with E-state index in [1.807, 2.05) is 0 Å². The van der Waals surface area contributed by atoms with Gasteiger partial charge in [-0.1, -0.05) is 32.0 Å². The van der Waals surface area contributed by atoms with E-state index in [4.69, 9.17) is 4.74 Å². The maximum absolute atomic E-state index is 5.78. The van der Waals surface area contributed by atoms with Gasteiger partial charge in [-0.25, -0.2) is 0 Å². The molecular weight excluding hydrogens is 198 g/mol. The lowest BCUT2D eigenvalue weighted by Gasteiger charge is -2.36. The summed E-state index contributed by atoms with van der Waals surface area (Å²) in [5.41, 5.74) is 3.27. The molecule has 0 N–H and O–H groups in total. The predicted octanol–water partition coefficient (Wildman–Crippen LogP) is 2.43. The molecule has 1 spiro atoms. The van der Waals surface area contributed by atoms with Crippen LogP contribution in [0.4, 0.5) is 5.69 Å². The fraction of sp³-hybridized carbons (Fsp3) is 0.571. The van der Waals surface area contributed by atoms with Crippen molar-refractivity contribution in [3.8, 4) is 0 Å². The van der Waals surface area contributed by atoms with E-state index >= 15 is 0 Å². The smallest absolute Gasteiger partial charge is 0.0587 e. The van der Waals surface area contributed by atoms with E-state index in [1.54, 1.807) is 0 Å². The molecule has 0 amide bonds. The summed E-state index contributed by atoms with van der Waals surface area (Å²) in [5, 5.41) is 0. The van der Waals surface area contributed by atoms with E-state index in [2.05, 4.69) is 50.1 Å². The second-order valence-corrected chi connectivity index (χ2v) is 5.83. The van der Waals surface area contributed by atoms with Gasteiger partial charge in [0, 0.05) is 30.1 Å². The number of anilines is 1. The molecule has 0 bridgehead atoms. The van der Waals surface area contributed by atoms with E-state index < -0.39 is 0 Å². The van der Waals surface area contributed by atoms with Crippen LogP contribution in [0.1, 0.15) is 19.4 Å². The molecule has 1 aromatic carbocycles. The molecule has 3 rings (SSSR count). The second-order valence-electron chi connectivity index (χ2n) is 5.83. The Morgan fingerprint density at radius 1 is 1.19 bits per heavy atom. The molecular formula is C14H19NO. The van der Waals surface area contributed by atoms with E-state index in [1.165, 1.54) is 11.3 Å². The summed E-state index contributed by atoms with van der Waals surface area (Å²) in [7, 11) is 2.18. The first-order valence-corrected chi connectivity index (χ1v) is 5.95. The van der Waals surface area contributed by atoms with Crippen molar-refractivity contribution in [2.45, 2.75) is 19.3 Å². The minimum atomic E-state index is 0.193. The minimum Gasteiger partial charge on any atom is -0.380 e. The number of para-hydroxylation sites is 1. The Morgan fingerprint density at radius 2 is 1.94 bits per heavy atom. The zero-order valence-corrected chi connectivity index (χ0v) is 10.3. The molecule has 2 nitrogen and oxygen atoms in total. The molecule has 1 unspecified atom stereocenters. The van der Waals surface area contributed by atoms with Gasteiger partial charge in [0.1, 0.15) is 0 Å². The highest BCUT2D eigenvalue weighted by atomic mass is 16.5. The molecule has 0 saturated carbocycles. The van der Waals surface area contributed by atoms with E-state index in [0.29, 0.717) is 0 Å². The van der Waals surface area contributed by atoms with Gasteiger partial charge in [-0.3, -0.25) is 0 Å².